The molecule has 0 aromatic carbocycles. The van der Waals surface area contributed by atoms with Crippen LogP contribution in [0.3, 0.4) is 0 Å². The fourth-order valence-corrected chi connectivity index (χ4v) is 4.20. The minimum Gasteiger partial charge on any atom is -0.480 e. The van der Waals surface area contributed by atoms with E-state index in [1.54, 1.807) is 0 Å². The number of carboxylic acids is 2. The van der Waals surface area contributed by atoms with Crippen LogP contribution in [0, 0.1) is 0 Å². The van der Waals surface area contributed by atoms with Gasteiger partial charge in [-0.3, -0.25) is 9.59 Å². The number of thiocarbonyl (C=S) groups is 3. The highest BCUT2D eigenvalue weighted by atomic mass is 35.6. The third kappa shape index (κ3) is 34.0. The van der Waals surface area contributed by atoms with Crippen LogP contribution >= 0.6 is 95.0 Å². The second-order valence-electron chi connectivity index (χ2n) is 5.32. The Hall–Kier alpha value is 0.490. The van der Waals surface area contributed by atoms with Gasteiger partial charge in [-0.15, -0.1) is 0 Å². The van der Waals surface area contributed by atoms with Crippen LogP contribution in [0.5, 0.6) is 0 Å². The average Bonchev–Trinajstić information content (AvgIpc) is 2.35. The molecule has 166 valence electrons. The molecule has 0 atom stereocenters. The lowest BCUT2D eigenvalue weighted by Gasteiger charge is -2.22. The molecule has 0 amide bonds. The summed E-state index contributed by atoms with van der Waals surface area (Å²) in [5, 5.41) is 17.8. The van der Waals surface area contributed by atoms with Gasteiger partial charge in [0.05, 0.1) is 0 Å². The minimum absolute atomic E-state index is 0. The van der Waals surface area contributed by atoms with Crippen molar-refractivity contribution in [2.45, 2.75) is 62.8 Å². The molecule has 0 spiro atoms. The number of rotatable bonds is 4. The summed E-state index contributed by atoms with van der Waals surface area (Å²) < 4.78 is -0.600. The van der Waals surface area contributed by atoms with Gasteiger partial charge in [-0.25, -0.2) is 0 Å². The molecule has 0 unspecified atom stereocenters. The molecule has 5 nitrogen and oxygen atoms in total. The Morgan fingerprint density at radius 1 is 0.929 bits per heavy atom. The van der Waals surface area contributed by atoms with Crippen molar-refractivity contribution in [2.75, 3.05) is 0 Å². The van der Waals surface area contributed by atoms with Crippen molar-refractivity contribution in [1.29, 1.82) is 0 Å². The summed E-state index contributed by atoms with van der Waals surface area (Å²) in [6, 6.07) is 0. The first-order chi connectivity index (χ1) is 11.9. The van der Waals surface area contributed by atoms with Crippen molar-refractivity contribution < 1.29 is 26.0 Å². The van der Waals surface area contributed by atoms with Gasteiger partial charge in [0.15, 0.2) is 4.30 Å². The van der Waals surface area contributed by atoms with E-state index in [0.29, 0.717) is 3.53 Å². The zero-order valence-electron chi connectivity index (χ0n) is 16.4. The molecule has 0 heterocycles. The number of carbonyl (C=O) groups is 3. The summed E-state index contributed by atoms with van der Waals surface area (Å²) in [7, 11) is 0. The number of carbonyl (C=O) groups excluding carboxylic acids is 1. The highest BCUT2D eigenvalue weighted by molar-refractivity contribution is 8.48. The molecule has 0 aliphatic carbocycles. The number of alkyl halides is 3. The third-order valence-corrected chi connectivity index (χ3v) is 4.41. The Balaban J connectivity index is -0.0000000846. The zero-order chi connectivity index (χ0) is 23.0. The van der Waals surface area contributed by atoms with E-state index >= 15 is 0 Å². The van der Waals surface area contributed by atoms with Crippen LogP contribution < -0.4 is 0 Å². The first-order valence-corrected chi connectivity index (χ1v) is 10.8. The van der Waals surface area contributed by atoms with Crippen LogP contribution in [0.4, 0.5) is 0 Å². The van der Waals surface area contributed by atoms with Gasteiger partial charge >= 0.3 is 13.4 Å². The molecule has 0 fully saturated rings. The van der Waals surface area contributed by atoms with Gasteiger partial charge in [0.2, 0.25) is 0 Å². The smallest absolute Gasteiger partial charge is 0.480 e. The molecule has 0 saturated heterocycles. The van der Waals surface area contributed by atoms with Crippen molar-refractivity contribution in [3.05, 3.63) is 0 Å². The van der Waals surface area contributed by atoms with Crippen LogP contribution in [-0.2, 0) is 14.4 Å². The topological polar surface area (TPSA) is 91.7 Å². The summed E-state index contributed by atoms with van der Waals surface area (Å²) >= 11 is 29.3. The summed E-state index contributed by atoms with van der Waals surface area (Å²) in [6.07, 6.45) is 0. The number of aliphatic carboxylic acids is 2. The van der Waals surface area contributed by atoms with Crippen molar-refractivity contribution in [1.82, 2.24) is 0 Å². The maximum atomic E-state index is 10.8. The van der Waals surface area contributed by atoms with E-state index in [2.05, 4.69) is 24.4 Å². The Morgan fingerprint density at radius 2 is 1.07 bits per heavy atom. The fraction of sp³-hybridized carbons (Fsp3) is 0.667. The predicted molar refractivity (Wildman–Crippen MR) is 137 cm³/mol. The van der Waals surface area contributed by atoms with Crippen LogP contribution in [-0.4, -0.2) is 49.6 Å². The molecule has 0 aromatic heterocycles. The first-order valence-electron chi connectivity index (χ1n) is 6.64. The van der Waals surface area contributed by atoms with Crippen LogP contribution in [0.15, 0.2) is 0 Å². The lowest BCUT2D eigenvalue weighted by Crippen LogP contribution is -2.31. The molecule has 0 rings (SSSR count). The van der Waals surface area contributed by atoms with Crippen molar-refractivity contribution in [2.24, 2.45) is 0 Å². The van der Waals surface area contributed by atoms with Gasteiger partial charge in [-0.1, -0.05) is 78.0 Å². The van der Waals surface area contributed by atoms with Gasteiger partial charge < -0.3 is 15.0 Å². The number of hydrogen-bond donors (Lipinski definition) is 2. The number of Topliss-reactive ketones (excluding diaryl/α,β-unsaturated/α-hetero) is 1. The maximum Gasteiger partial charge on any atom is 1.00 e. The quantitative estimate of drug-likeness (QED) is 0.286. The molecule has 0 bridgehead atoms. The van der Waals surface area contributed by atoms with E-state index in [4.69, 9.17) is 57.2 Å². The molecule has 0 radical (unpaired) electrons. The van der Waals surface area contributed by atoms with Crippen molar-refractivity contribution >= 4 is 121 Å². The van der Waals surface area contributed by atoms with Gasteiger partial charge in [-0.2, -0.15) is 0 Å². The number of ketones is 1. The first kappa shape index (κ1) is 39.0. The minimum atomic E-state index is -1.04. The number of halogens is 3. The van der Waals surface area contributed by atoms with E-state index in [1.807, 2.05) is 4.31 Å². The molecule has 0 aromatic rings. The molecule has 0 aliphatic heterocycles. The van der Waals surface area contributed by atoms with E-state index < -0.39 is 25.7 Å². The zero-order valence-corrected chi connectivity index (χ0v) is 21.7. The molecule has 0 saturated carbocycles. The molecule has 13 heteroatoms. The average molecular weight is 553 g/mol. The Bertz CT molecular complexity index is 504. The van der Waals surface area contributed by atoms with E-state index in [0.717, 1.165) is 23.5 Å². The van der Waals surface area contributed by atoms with E-state index in [9.17, 15) is 14.4 Å². The molecular weight excluding hydrogens is 527 g/mol. The normalized spacial score (nSPS) is 9.50. The second-order valence-corrected chi connectivity index (χ2v) is 12.4. The lowest BCUT2D eigenvalue weighted by atomic mass is 10.2. The Morgan fingerprint density at radius 3 is 1.18 bits per heavy atom. The number of hydrogen-bond acceptors (Lipinski definition) is 8. The van der Waals surface area contributed by atoms with Crippen molar-refractivity contribution in [3.63, 3.8) is 0 Å². The van der Waals surface area contributed by atoms with Crippen LogP contribution in [0.1, 0.15) is 50.4 Å². The summed E-state index contributed by atoms with van der Waals surface area (Å²) in [6.45, 7) is 9.17. The fourth-order valence-electron chi connectivity index (χ4n) is 0.525. The summed E-state index contributed by atoms with van der Waals surface area (Å²) in [5.41, 5.74) is 0. The highest BCUT2D eigenvalue weighted by Crippen LogP contribution is 2.36. The van der Waals surface area contributed by atoms with Crippen LogP contribution in [0.2, 0.25) is 0 Å². The van der Waals surface area contributed by atoms with E-state index in [1.165, 1.54) is 41.5 Å². The molecule has 0 aliphatic rings. The van der Waals surface area contributed by atoms with Gasteiger partial charge in [0, 0.05) is 4.31 Å². The Labute approximate surface area is 208 Å². The highest BCUT2D eigenvalue weighted by Gasteiger charge is 2.34. The monoisotopic (exact) mass is 551 g/mol. The lowest BCUT2D eigenvalue weighted by molar-refractivity contribution is -0.139. The predicted octanol–water partition coefficient (Wildman–Crippen LogP) is 6.81. The second kappa shape index (κ2) is 20.8. The third-order valence-electron chi connectivity index (χ3n) is 1.71. The summed E-state index contributed by atoms with van der Waals surface area (Å²) in [4.78, 5) is 31.1. The summed E-state index contributed by atoms with van der Waals surface area (Å²) in [5.74, 6) is -1.79. The number of carboxylic acid groups (broad SMARTS) is 2. The number of thioether (sulfide) groups is 2. The molecule has 28 heavy (non-hydrogen) atoms. The molecule has 2 N–H and O–H groups in total. The SMILES string of the molecule is C.CC(C)(SC(=S)SC(C)(C)C(=O)O)C(=O)O.CC(C)=O.ClC(Cl)Cl.S=C=S.[H+]. The maximum absolute atomic E-state index is 10.8. The van der Waals surface area contributed by atoms with E-state index in [-0.39, 0.29) is 14.6 Å². The van der Waals surface area contributed by atoms with Crippen molar-refractivity contribution in [3.8, 4) is 0 Å². The standard InChI is InChI=1S/C9H14O4S3.C3H6O.CHCl3.CS2.CH4/c1-8(2,5(10)11)15-7(14)16-9(3,4)6(12)13;1-3(2)4;2-1(3)4;2-1-3;/h1-4H3,(H,10,11)(H,12,13);1-2H3;1H;;1H4/p+1. The van der Waals surface area contributed by atoms with Gasteiger partial charge in [0.25, 0.3) is 0 Å². The largest absolute Gasteiger partial charge is 1.00 e. The Kier molecular flexibility index (Phi) is 28.9. The molecular formula is C15H26Cl3O5S5+. The van der Waals surface area contributed by atoms with Gasteiger partial charge in [0.1, 0.15) is 18.8 Å². The van der Waals surface area contributed by atoms with Gasteiger partial charge in [-0.05, 0) is 66.0 Å². The van der Waals surface area contributed by atoms with Crippen LogP contribution in [0.25, 0.3) is 0 Å².